The maximum atomic E-state index is 9.82. The van der Waals surface area contributed by atoms with E-state index in [9.17, 15) is 5.11 Å². The van der Waals surface area contributed by atoms with Gasteiger partial charge in [0.15, 0.2) is 0 Å². The molecular formula is C26H37N3O2. The summed E-state index contributed by atoms with van der Waals surface area (Å²) in [5, 5.41) is 18.5. The third-order valence-electron chi connectivity index (χ3n) is 7.30. The lowest BCUT2D eigenvalue weighted by atomic mass is 9.69. The molecule has 1 aromatic carbocycles. The zero-order valence-corrected chi connectivity index (χ0v) is 19.4. The normalized spacial score (nSPS) is 25.7. The van der Waals surface area contributed by atoms with E-state index in [1.54, 1.807) is 0 Å². The Morgan fingerprint density at radius 3 is 2.48 bits per heavy atom. The van der Waals surface area contributed by atoms with Crippen molar-refractivity contribution in [2.75, 3.05) is 19.6 Å². The number of benzene rings is 1. The van der Waals surface area contributed by atoms with Gasteiger partial charge in [-0.25, -0.2) is 0 Å². The average molecular weight is 424 g/mol. The van der Waals surface area contributed by atoms with E-state index in [4.69, 9.17) is 4.42 Å². The fourth-order valence-corrected chi connectivity index (χ4v) is 5.25. The van der Waals surface area contributed by atoms with Gasteiger partial charge in [-0.2, -0.15) is 0 Å². The number of aliphatic hydroxyl groups is 1. The van der Waals surface area contributed by atoms with Gasteiger partial charge in [0.1, 0.15) is 0 Å². The summed E-state index contributed by atoms with van der Waals surface area (Å²) in [5.41, 5.74) is 3.66. The van der Waals surface area contributed by atoms with E-state index < -0.39 is 0 Å². The summed E-state index contributed by atoms with van der Waals surface area (Å²) in [6.07, 6.45) is 6.21. The lowest BCUT2D eigenvalue weighted by molar-refractivity contribution is 0.0670. The second kappa shape index (κ2) is 9.66. The van der Waals surface area contributed by atoms with E-state index in [1.165, 1.54) is 17.6 Å². The van der Waals surface area contributed by atoms with Crippen LogP contribution >= 0.6 is 0 Å². The predicted octanol–water partition coefficient (Wildman–Crippen LogP) is 4.90. The van der Waals surface area contributed by atoms with Gasteiger partial charge in [0.25, 0.3) is 0 Å². The van der Waals surface area contributed by atoms with Gasteiger partial charge in [-0.3, -0.25) is 0 Å². The van der Waals surface area contributed by atoms with Gasteiger partial charge in [-0.1, -0.05) is 43.2 Å². The molecule has 0 bridgehead atoms. The zero-order chi connectivity index (χ0) is 22.0. The Morgan fingerprint density at radius 2 is 1.81 bits per heavy atom. The Hall–Kier alpha value is -1.98. The quantitative estimate of drug-likeness (QED) is 0.670. The predicted molar refractivity (Wildman–Crippen MR) is 124 cm³/mol. The van der Waals surface area contributed by atoms with Crippen molar-refractivity contribution in [1.82, 2.24) is 15.1 Å². The van der Waals surface area contributed by atoms with Crippen molar-refractivity contribution in [3.05, 3.63) is 47.4 Å². The van der Waals surface area contributed by atoms with Crippen molar-refractivity contribution in [1.29, 1.82) is 0 Å². The summed E-state index contributed by atoms with van der Waals surface area (Å²) in [7, 11) is 0. The number of aliphatic hydroxyl groups excluding tert-OH is 1. The molecule has 0 saturated carbocycles. The molecule has 3 unspecified atom stereocenters. The second-order valence-corrected chi connectivity index (χ2v) is 10.0. The Morgan fingerprint density at radius 1 is 1.10 bits per heavy atom. The molecule has 2 aliphatic rings. The fourth-order valence-electron chi connectivity index (χ4n) is 5.25. The smallest absolute Gasteiger partial charge is 0.247 e. The lowest BCUT2D eigenvalue weighted by Crippen LogP contribution is -2.42. The standard InChI is InChI=1S/C26H37N3O2/c1-17(2)24-14-21(19(4)13-22(24)16-29-11-9-23(30)10-12-29)15-25-27-28-26(31-25)20-7-5-18(3)6-8-20/h5-8,13,17,21-24,30H,9-12,14-16H2,1-4H3. The van der Waals surface area contributed by atoms with Gasteiger partial charge >= 0.3 is 0 Å². The first-order valence-electron chi connectivity index (χ1n) is 11.9. The molecular weight excluding hydrogens is 386 g/mol. The monoisotopic (exact) mass is 423 g/mol. The summed E-state index contributed by atoms with van der Waals surface area (Å²) in [5.74, 6) is 3.67. The Labute approximate surface area is 186 Å². The molecule has 4 rings (SSSR count). The highest BCUT2D eigenvalue weighted by Gasteiger charge is 2.34. The average Bonchev–Trinajstić information content (AvgIpc) is 3.20. The molecule has 5 heteroatoms. The number of piperidine rings is 1. The number of hydrogen-bond donors (Lipinski definition) is 1. The minimum atomic E-state index is -0.107. The molecule has 31 heavy (non-hydrogen) atoms. The summed E-state index contributed by atoms with van der Waals surface area (Å²) in [6, 6.07) is 8.22. The molecule has 1 aliphatic heterocycles. The molecule has 0 radical (unpaired) electrons. The molecule has 2 aromatic rings. The van der Waals surface area contributed by atoms with Crippen LogP contribution in [0, 0.1) is 30.6 Å². The van der Waals surface area contributed by atoms with Gasteiger partial charge in [-0.05, 0) is 68.9 Å². The van der Waals surface area contributed by atoms with Crippen molar-refractivity contribution in [3.63, 3.8) is 0 Å². The minimum absolute atomic E-state index is 0.107. The third-order valence-corrected chi connectivity index (χ3v) is 7.30. The molecule has 1 aliphatic carbocycles. The highest BCUT2D eigenvalue weighted by atomic mass is 16.4. The summed E-state index contributed by atoms with van der Waals surface area (Å²) in [6.45, 7) is 12.2. The Kier molecular flexibility index (Phi) is 6.92. The van der Waals surface area contributed by atoms with Crippen molar-refractivity contribution >= 4 is 0 Å². The third kappa shape index (κ3) is 5.45. The van der Waals surface area contributed by atoms with Crippen LogP contribution in [-0.2, 0) is 6.42 Å². The van der Waals surface area contributed by atoms with E-state index in [0.29, 0.717) is 29.6 Å². The molecule has 1 N–H and O–H groups in total. The Bertz CT molecular complexity index is 878. The number of nitrogens with zero attached hydrogens (tertiary/aromatic N) is 3. The molecule has 3 atom stereocenters. The number of rotatable bonds is 6. The first-order valence-corrected chi connectivity index (χ1v) is 11.9. The number of allylic oxidation sites excluding steroid dienone is 1. The topological polar surface area (TPSA) is 62.4 Å². The number of likely N-dealkylation sites (tertiary alicyclic amines) is 1. The maximum absolute atomic E-state index is 9.82. The van der Waals surface area contributed by atoms with E-state index in [1.807, 2.05) is 12.1 Å². The summed E-state index contributed by atoms with van der Waals surface area (Å²) in [4.78, 5) is 2.54. The van der Waals surface area contributed by atoms with Gasteiger partial charge in [-0.15, -0.1) is 10.2 Å². The first kappa shape index (κ1) is 22.2. The van der Waals surface area contributed by atoms with Crippen molar-refractivity contribution in [2.45, 2.75) is 59.5 Å². The number of aryl methyl sites for hydroxylation is 1. The van der Waals surface area contributed by atoms with Gasteiger partial charge in [0.05, 0.1) is 6.10 Å². The van der Waals surface area contributed by atoms with Crippen LogP contribution in [-0.4, -0.2) is 45.9 Å². The number of hydrogen-bond acceptors (Lipinski definition) is 5. The zero-order valence-electron chi connectivity index (χ0n) is 19.4. The summed E-state index contributed by atoms with van der Waals surface area (Å²) < 4.78 is 6.03. The van der Waals surface area contributed by atoms with E-state index in [0.717, 1.165) is 50.4 Å². The van der Waals surface area contributed by atoms with Crippen LogP contribution in [0.4, 0.5) is 0 Å². The second-order valence-electron chi connectivity index (χ2n) is 10.0. The van der Waals surface area contributed by atoms with E-state index in [-0.39, 0.29) is 6.10 Å². The van der Waals surface area contributed by atoms with Crippen LogP contribution in [0.3, 0.4) is 0 Å². The fraction of sp³-hybridized carbons (Fsp3) is 0.615. The van der Waals surface area contributed by atoms with Gasteiger partial charge in [0, 0.05) is 31.6 Å². The Balaban J connectivity index is 1.44. The maximum Gasteiger partial charge on any atom is 0.247 e. The lowest BCUT2D eigenvalue weighted by Gasteiger charge is -2.40. The van der Waals surface area contributed by atoms with Crippen molar-refractivity contribution < 1.29 is 9.52 Å². The van der Waals surface area contributed by atoms with Crippen LogP contribution in [0.2, 0.25) is 0 Å². The molecule has 168 valence electrons. The van der Waals surface area contributed by atoms with Gasteiger partial charge in [0.2, 0.25) is 11.8 Å². The molecule has 1 fully saturated rings. The van der Waals surface area contributed by atoms with Crippen LogP contribution in [0.25, 0.3) is 11.5 Å². The molecule has 0 amide bonds. The molecule has 5 nitrogen and oxygen atoms in total. The molecule has 1 aromatic heterocycles. The minimum Gasteiger partial charge on any atom is -0.421 e. The SMILES string of the molecule is CC1=CC(CN2CCC(O)CC2)C(C(C)C)CC1Cc1nnc(-c2ccc(C)cc2)o1. The van der Waals surface area contributed by atoms with Crippen LogP contribution in [0.5, 0.6) is 0 Å². The molecule has 0 spiro atoms. The van der Waals surface area contributed by atoms with Crippen molar-refractivity contribution in [2.24, 2.45) is 23.7 Å². The molecule has 1 saturated heterocycles. The van der Waals surface area contributed by atoms with E-state index >= 15 is 0 Å². The van der Waals surface area contributed by atoms with Gasteiger partial charge < -0.3 is 14.4 Å². The van der Waals surface area contributed by atoms with Crippen molar-refractivity contribution in [3.8, 4) is 11.5 Å². The number of aromatic nitrogens is 2. The largest absolute Gasteiger partial charge is 0.421 e. The first-order chi connectivity index (χ1) is 14.9. The highest BCUT2D eigenvalue weighted by molar-refractivity contribution is 5.52. The summed E-state index contributed by atoms with van der Waals surface area (Å²) >= 11 is 0. The molecule has 2 heterocycles. The highest BCUT2D eigenvalue weighted by Crippen LogP contribution is 2.39. The van der Waals surface area contributed by atoms with Crippen LogP contribution in [0.15, 0.2) is 40.3 Å². The van der Waals surface area contributed by atoms with Crippen LogP contribution in [0.1, 0.15) is 51.5 Å². The van der Waals surface area contributed by atoms with E-state index in [2.05, 4.69) is 61.0 Å². The van der Waals surface area contributed by atoms with Crippen LogP contribution < -0.4 is 0 Å².